The van der Waals surface area contributed by atoms with Gasteiger partial charge in [0.05, 0.1) is 5.39 Å². The van der Waals surface area contributed by atoms with Crippen LogP contribution >= 0.6 is 11.3 Å². The molecule has 4 aromatic rings. The van der Waals surface area contributed by atoms with Gasteiger partial charge in [0, 0.05) is 61.0 Å². The van der Waals surface area contributed by atoms with Gasteiger partial charge in [0.1, 0.15) is 10.6 Å². The fraction of sp³-hybridized carbons (Fsp3) is 0.357. The van der Waals surface area contributed by atoms with E-state index in [1.807, 2.05) is 24.4 Å². The van der Waals surface area contributed by atoms with Crippen molar-refractivity contribution in [2.45, 2.75) is 32.1 Å². The quantitative estimate of drug-likeness (QED) is 0.375. The van der Waals surface area contributed by atoms with Gasteiger partial charge in [0.25, 0.3) is 0 Å². The smallest absolute Gasteiger partial charge is 0.225 e. The van der Waals surface area contributed by atoms with Crippen molar-refractivity contribution in [3.05, 3.63) is 60.2 Å². The Hall–Kier alpha value is -3.32. The largest absolute Gasteiger partial charge is 0.354 e. The lowest BCUT2D eigenvalue weighted by Crippen LogP contribution is -2.38. The van der Waals surface area contributed by atoms with Crippen LogP contribution in [0.5, 0.6) is 0 Å². The summed E-state index contributed by atoms with van der Waals surface area (Å²) in [7, 11) is 0. The van der Waals surface area contributed by atoms with E-state index in [9.17, 15) is 4.79 Å². The highest BCUT2D eigenvalue weighted by atomic mass is 32.1. The molecule has 0 unspecified atom stereocenters. The number of benzene rings is 1. The average molecular weight is 484 g/mol. The molecule has 178 valence electrons. The minimum atomic E-state index is 0.228. The van der Waals surface area contributed by atoms with Crippen molar-refractivity contribution in [1.29, 1.82) is 0 Å². The second-order valence-corrected chi connectivity index (χ2v) is 10.3. The normalized spacial score (nSPS) is 17.1. The van der Waals surface area contributed by atoms with Gasteiger partial charge < -0.3 is 9.80 Å². The van der Waals surface area contributed by atoms with Crippen LogP contribution in [0.3, 0.4) is 0 Å². The Morgan fingerprint density at radius 3 is 2.51 bits per heavy atom. The van der Waals surface area contributed by atoms with Gasteiger partial charge >= 0.3 is 0 Å². The van der Waals surface area contributed by atoms with Crippen LogP contribution in [0.4, 0.5) is 5.82 Å². The first-order valence-corrected chi connectivity index (χ1v) is 13.4. The van der Waals surface area contributed by atoms with E-state index < -0.39 is 0 Å². The van der Waals surface area contributed by atoms with Gasteiger partial charge in [0.2, 0.25) is 5.91 Å². The Balaban J connectivity index is 1.39. The summed E-state index contributed by atoms with van der Waals surface area (Å²) in [6.45, 7) is 3.22. The second-order valence-electron chi connectivity index (χ2n) is 9.46. The molecule has 3 aromatic heterocycles. The molecule has 1 aliphatic heterocycles. The lowest BCUT2D eigenvalue weighted by atomic mass is 10.1. The van der Waals surface area contributed by atoms with E-state index in [2.05, 4.69) is 44.4 Å². The molecule has 35 heavy (non-hydrogen) atoms. The fourth-order valence-corrected chi connectivity index (χ4v) is 6.33. The molecule has 4 heterocycles. The maximum absolute atomic E-state index is 13.1. The van der Waals surface area contributed by atoms with Crippen molar-refractivity contribution in [1.82, 2.24) is 19.9 Å². The molecule has 1 aromatic carbocycles. The van der Waals surface area contributed by atoms with E-state index in [1.54, 1.807) is 17.5 Å². The van der Waals surface area contributed by atoms with Crippen molar-refractivity contribution in [2.75, 3.05) is 31.1 Å². The number of anilines is 1. The number of hydrogen-bond acceptors (Lipinski definition) is 6. The Kier molecular flexibility index (Phi) is 6.17. The van der Waals surface area contributed by atoms with Gasteiger partial charge in [0.15, 0.2) is 5.82 Å². The number of nitrogens with zero attached hydrogens (tertiary/aromatic N) is 5. The zero-order chi connectivity index (χ0) is 23.6. The summed E-state index contributed by atoms with van der Waals surface area (Å²) in [5.41, 5.74) is 3.25. The second kappa shape index (κ2) is 9.74. The maximum atomic E-state index is 13.1. The lowest BCUT2D eigenvalue weighted by Gasteiger charge is -2.25. The monoisotopic (exact) mass is 483 g/mol. The van der Waals surface area contributed by atoms with Gasteiger partial charge in [-0.1, -0.05) is 43.2 Å². The molecule has 6 nitrogen and oxygen atoms in total. The van der Waals surface area contributed by atoms with Crippen LogP contribution in [0.25, 0.3) is 32.7 Å². The molecule has 6 rings (SSSR count). The van der Waals surface area contributed by atoms with Gasteiger partial charge in [-0.3, -0.25) is 9.78 Å². The summed E-state index contributed by atoms with van der Waals surface area (Å²) in [5, 5.41) is 3.29. The average Bonchev–Trinajstić information content (AvgIpc) is 3.54. The number of fused-ring (bicyclic) bond motifs is 1. The number of thiophene rings is 1. The number of hydrogen-bond donors (Lipinski definition) is 0. The molecular weight excluding hydrogens is 454 g/mol. The summed E-state index contributed by atoms with van der Waals surface area (Å²) in [6, 6.07) is 14.4. The Labute approximate surface area is 209 Å². The molecule has 0 radical (unpaired) electrons. The molecule has 1 aliphatic carbocycles. The van der Waals surface area contributed by atoms with Crippen LogP contribution in [0.2, 0.25) is 0 Å². The number of carbonyl (C=O) groups excluding carboxylic acids is 1. The van der Waals surface area contributed by atoms with Crippen LogP contribution in [-0.4, -0.2) is 51.9 Å². The molecule has 1 saturated heterocycles. The molecule has 2 fully saturated rings. The molecule has 0 spiro atoms. The Morgan fingerprint density at radius 2 is 1.71 bits per heavy atom. The first-order valence-electron chi connectivity index (χ1n) is 12.6. The van der Waals surface area contributed by atoms with Crippen molar-refractivity contribution in [3.63, 3.8) is 0 Å². The van der Waals surface area contributed by atoms with Gasteiger partial charge in [-0.15, -0.1) is 11.3 Å². The van der Waals surface area contributed by atoms with Crippen molar-refractivity contribution < 1.29 is 4.79 Å². The van der Waals surface area contributed by atoms with Crippen molar-refractivity contribution >= 4 is 33.3 Å². The molecule has 0 bridgehead atoms. The third kappa shape index (κ3) is 4.41. The minimum Gasteiger partial charge on any atom is -0.354 e. The van der Waals surface area contributed by atoms with Gasteiger partial charge in [-0.25, -0.2) is 9.97 Å². The summed E-state index contributed by atoms with van der Waals surface area (Å²) < 4.78 is 0. The summed E-state index contributed by atoms with van der Waals surface area (Å²) in [6.07, 6.45) is 9.01. The van der Waals surface area contributed by atoms with E-state index in [0.29, 0.717) is 11.7 Å². The summed E-state index contributed by atoms with van der Waals surface area (Å²) >= 11 is 1.66. The van der Waals surface area contributed by atoms with Crippen LogP contribution in [0, 0.1) is 5.92 Å². The van der Waals surface area contributed by atoms with E-state index in [1.165, 1.54) is 24.0 Å². The molecule has 0 atom stereocenters. The molecule has 7 heteroatoms. The molecule has 1 amide bonds. The zero-order valence-corrected chi connectivity index (χ0v) is 20.6. The molecule has 1 saturated carbocycles. The third-order valence-corrected chi connectivity index (χ3v) is 8.10. The van der Waals surface area contributed by atoms with Crippen LogP contribution < -0.4 is 4.90 Å². The van der Waals surface area contributed by atoms with Crippen molar-refractivity contribution in [2.24, 2.45) is 5.92 Å². The topological polar surface area (TPSA) is 62.2 Å². The molecular formula is C28H29N5OS. The Bertz CT molecular complexity index is 1320. The van der Waals surface area contributed by atoms with E-state index in [-0.39, 0.29) is 5.92 Å². The predicted octanol–water partition coefficient (Wildman–Crippen LogP) is 5.65. The number of pyridine rings is 1. The maximum Gasteiger partial charge on any atom is 0.225 e. The first kappa shape index (κ1) is 22.2. The zero-order valence-electron chi connectivity index (χ0n) is 19.8. The molecule has 2 aliphatic rings. The summed E-state index contributed by atoms with van der Waals surface area (Å²) in [5.74, 6) is 2.24. The van der Waals surface area contributed by atoms with Gasteiger partial charge in [-0.05, 0) is 37.0 Å². The Morgan fingerprint density at radius 1 is 0.886 bits per heavy atom. The number of rotatable bonds is 4. The van der Waals surface area contributed by atoms with E-state index in [4.69, 9.17) is 9.97 Å². The highest BCUT2D eigenvalue weighted by Gasteiger charge is 2.29. The van der Waals surface area contributed by atoms with E-state index in [0.717, 1.165) is 67.0 Å². The standard InChI is InChI=1S/C28H29N5OS/c34-28(21-10-4-5-11-21)33-15-7-14-32(16-17-33)26-24-23(20-8-2-1-3-9-20)19-35-27(24)31-25(30-26)22-12-6-13-29-18-22/h1-3,6,8-9,12-13,18-19,21H,4-5,7,10-11,14-17H2. The number of amides is 1. The van der Waals surface area contributed by atoms with Crippen LogP contribution in [-0.2, 0) is 4.79 Å². The third-order valence-electron chi connectivity index (χ3n) is 7.23. The number of carbonyl (C=O) groups is 1. The number of aromatic nitrogens is 3. The SMILES string of the molecule is O=C(C1CCCC1)N1CCCN(c2nc(-c3cccnc3)nc3scc(-c4ccccc4)c23)CC1. The fourth-order valence-electron chi connectivity index (χ4n) is 5.39. The highest BCUT2D eigenvalue weighted by Crippen LogP contribution is 2.40. The van der Waals surface area contributed by atoms with Gasteiger partial charge in [-0.2, -0.15) is 0 Å². The summed E-state index contributed by atoms with van der Waals surface area (Å²) in [4.78, 5) is 32.9. The predicted molar refractivity (Wildman–Crippen MR) is 141 cm³/mol. The first-order chi connectivity index (χ1) is 17.3. The van der Waals surface area contributed by atoms with Crippen LogP contribution in [0.1, 0.15) is 32.1 Å². The molecule has 0 N–H and O–H groups in total. The van der Waals surface area contributed by atoms with Crippen molar-refractivity contribution in [3.8, 4) is 22.5 Å². The van der Waals surface area contributed by atoms with Crippen LogP contribution in [0.15, 0.2) is 60.2 Å². The minimum absolute atomic E-state index is 0.228. The van der Waals surface area contributed by atoms with E-state index >= 15 is 0 Å². The lowest BCUT2D eigenvalue weighted by molar-refractivity contribution is -0.135. The highest BCUT2D eigenvalue weighted by molar-refractivity contribution is 7.17.